The van der Waals surface area contributed by atoms with E-state index in [-0.39, 0.29) is 5.92 Å². The van der Waals surface area contributed by atoms with Gasteiger partial charge >= 0.3 is 6.09 Å². The van der Waals surface area contributed by atoms with E-state index in [2.05, 4.69) is 5.32 Å². The number of carboxylic acid groups (broad SMARTS) is 1. The van der Waals surface area contributed by atoms with Crippen LogP contribution in [0.25, 0.3) is 0 Å². The summed E-state index contributed by atoms with van der Waals surface area (Å²) in [6.07, 6.45) is -0.0903. The van der Waals surface area contributed by atoms with Gasteiger partial charge in [0.25, 0.3) is 0 Å². The minimum absolute atomic E-state index is 0.211. The van der Waals surface area contributed by atoms with Gasteiger partial charge in [-0.25, -0.2) is 4.79 Å². The summed E-state index contributed by atoms with van der Waals surface area (Å²) in [7, 11) is 0. The zero-order chi connectivity index (χ0) is 11.7. The SMILES string of the molecule is CC(C)C[C@](C=O)(NC(=O)O)[C@]1(C)CO1. The van der Waals surface area contributed by atoms with E-state index in [1.165, 1.54) is 0 Å². The van der Waals surface area contributed by atoms with Crippen molar-refractivity contribution >= 4 is 12.4 Å². The van der Waals surface area contributed by atoms with Crippen LogP contribution < -0.4 is 5.32 Å². The molecule has 0 aromatic carbocycles. The van der Waals surface area contributed by atoms with Crippen molar-refractivity contribution in [2.75, 3.05) is 6.61 Å². The molecule has 2 atom stereocenters. The van der Waals surface area contributed by atoms with Crippen LogP contribution in [-0.4, -0.2) is 35.2 Å². The second-order valence-electron chi connectivity index (χ2n) is 4.64. The fourth-order valence-electron chi connectivity index (χ4n) is 1.80. The Morgan fingerprint density at radius 1 is 1.73 bits per heavy atom. The molecule has 1 saturated heterocycles. The molecule has 0 bridgehead atoms. The van der Waals surface area contributed by atoms with E-state index in [1.807, 2.05) is 13.8 Å². The van der Waals surface area contributed by atoms with Gasteiger partial charge in [-0.15, -0.1) is 0 Å². The molecule has 1 rings (SSSR count). The van der Waals surface area contributed by atoms with Crippen molar-refractivity contribution in [1.29, 1.82) is 0 Å². The van der Waals surface area contributed by atoms with Gasteiger partial charge in [0.15, 0.2) is 0 Å². The second kappa shape index (κ2) is 3.81. The quantitative estimate of drug-likeness (QED) is 0.530. The van der Waals surface area contributed by atoms with Crippen LogP contribution in [-0.2, 0) is 9.53 Å². The first-order valence-electron chi connectivity index (χ1n) is 4.96. The lowest BCUT2D eigenvalue weighted by Gasteiger charge is -2.33. The van der Waals surface area contributed by atoms with Crippen molar-refractivity contribution in [1.82, 2.24) is 5.32 Å². The van der Waals surface area contributed by atoms with E-state index in [1.54, 1.807) is 6.92 Å². The number of hydrogen-bond acceptors (Lipinski definition) is 3. The van der Waals surface area contributed by atoms with Crippen LogP contribution in [0.3, 0.4) is 0 Å². The second-order valence-corrected chi connectivity index (χ2v) is 4.64. The van der Waals surface area contributed by atoms with Crippen molar-refractivity contribution in [3.8, 4) is 0 Å². The van der Waals surface area contributed by atoms with Gasteiger partial charge in [-0.2, -0.15) is 0 Å². The Hall–Kier alpha value is -1.10. The summed E-state index contributed by atoms with van der Waals surface area (Å²) in [6.45, 7) is 6.04. The van der Waals surface area contributed by atoms with Crippen LogP contribution in [0, 0.1) is 5.92 Å². The van der Waals surface area contributed by atoms with Crippen LogP contribution in [0.1, 0.15) is 27.2 Å². The zero-order valence-corrected chi connectivity index (χ0v) is 9.24. The first kappa shape index (κ1) is 12.0. The number of nitrogens with one attached hydrogen (secondary N) is 1. The van der Waals surface area contributed by atoms with E-state index < -0.39 is 17.2 Å². The molecule has 1 fully saturated rings. The molecule has 5 nitrogen and oxygen atoms in total. The van der Waals surface area contributed by atoms with Gasteiger partial charge in [-0.1, -0.05) is 13.8 Å². The maximum Gasteiger partial charge on any atom is 0.405 e. The summed E-state index contributed by atoms with van der Waals surface area (Å²) in [5, 5.41) is 11.1. The maximum atomic E-state index is 11.2. The molecular weight excluding hydrogens is 198 g/mol. The Labute approximate surface area is 88.8 Å². The number of rotatable bonds is 5. The van der Waals surface area contributed by atoms with Crippen molar-refractivity contribution in [3.63, 3.8) is 0 Å². The van der Waals surface area contributed by atoms with Gasteiger partial charge in [-0.05, 0) is 19.3 Å². The number of carbonyl (C=O) groups is 2. The Kier molecular flexibility index (Phi) is 3.04. The number of ether oxygens (including phenoxy) is 1. The van der Waals surface area contributed by atoms with E-state index >= 15 is 0 Å². The zero-order valence-electron chi connectivity index (χ0n) is 9.24. The monoisotopic (exact) mass is 215 g/mol. The van der Waals surface area contributed by atoms with Gasteiger partial charge < -0.3 is 20.0 Å². The predicted molar refractivity (Wildman–Crippen MR) is 53.8 cm³/mol. The lowest BCUT2D eigenvalue weighted by molar-refractivity contribution is -0.116. The standard InChI is InChI=1S/C10H17NO4/c1-7(2)4-10(5-12,11-8(13)14)9(3)6-15-9/h5,7,11H,4,6H2,1-3H3,(H,13,14)/t9-,10+/m0/s1. The molecule has 5 heteroatoms. The molecule has 0 aromatic heterocycles. The van der Waals surface area contributed by atoms with Crippen LogP contribution in [0.15, 0.2) is 0 Å². The van der Waals surface area contributed by atoms with Crippen molar-refractivity contribution < 1.29 is 19.4 Å². The Balaban J connectivity index is 2.90. The van der Waals surface area contributed by atoms with Gasteiger partial charge in [-0.3, -0.25) is 0 Å². The summed E-state index contributed by atoms with van der Waals surface area (Å²) >= 11 is 0. The smallest absolute Gasteiger partial charge is 0.405 e. The maximum absolute atomic E-state index is 11.2. The van der Waals surface area contributed by atoms with Crippen LogP contribution in [0.5, 0.6) is 0 Å². The van der Waals surface area contributed by atoms with Crippen molar-refractivity contribution in [3.05, 3.63) is 0 Å². The van der Waals surface area contributed by atoms with E-state index in [0.717, 1.165) is 0 Å². The molecule has 0 aromatic rings. The Morgan fingerprint density at radius 3 is 2.53 bits per heavy atom. The molecule has 2 N–H and O–H groups in total. The summed E-state index contributed by atoms with van der Waals surface area (Å²) in [5.41, 5.74) is -1.80. The average Bonchev–Trinajstić information content (AvgIpc) is 2.82. The van der Waals surface area contributed by atoms with Gasteiger partial charge in [0.05, 0.1) is 6.61 Å². The summed E-state index contributed by atoms with van der Waals surface area (Å²) in [6, 6.07) is 0. The number of aldehydes is 1. The normalized spacial score (nSPS) is 28.3. The third kappa shape index (κ3) is 2.28. The third-order valence-corrected chi connectivity index (χ3v) is 2.78. The number of hydrogen-bond donors (Lipinski definition) is 2. The Bertz CT molecular complexity index is 273. The molecule has 0 aliphatic carbocycles. The highest BCUT2D eigenvalue weighted by Gasteiger charge is 2.59. The van der Waals surface area contributed by atoms with Gasteiger partial charge in [0, 0.05) is 0 Å². The first-order chi connectivity index (χ1) is 6.85. The lowest BCUT2D eigenvalue weighted by Crippen LogP contribution is -2.59. The molecule has 0 radical (unpaired) electrons. The highest BCUT2D eigenvalue weighted by atomic mass is 16.6. The predicted octanol–water partition coefficient (Wildman–Crippen LogP) is 1.03. The number of epoxide rings is 1. The van der Waals surface area contributed by atoms with Crippen molar-refractivity contribution in [2.45, 2.75) is 38.3 Å². The molecule has 0 unspecified atom stereocenters. The van der Waals surface area contributed by atoms with E-state index in [9.17, 15) is 9.59 Å². The molecule has 1 heterocycles. The highest BCUT2D eigenvalue weighted by Crippen LogP contribution is 2.40. The largest absolute Gasteiger partial charge is 0.465 e. The Morgan fingerprint density at radius 2 is 2.27 bits per heavy atom. The highest BCUT2D eigenvalue weighted by molar-refractivity contribution is 5.77. The fraction of sp³-hybridized carbons (Fsp3) is 0.800. The van der Waals surface area contributed by atoms with E-state index in [0.29, 0.717) is 19.3 Å². The summed E-state index contributed by atoms with van der Waals surface area (Å²) < 4.78 is 5.20. The molecular formula is C10H17NO4. The molecule has 86 valence electrons. The molecule has 0 spiro atoms. The molecule has 1 amide bonds. The summed E-state index contributed by atoms with van der Waals surface area (Å²) in [4.78, 5) is 21.9. The fourth-order valence-corrected chi connectivity index (χ4v) is 1.80. The number of carbonyl (C=O) groups excluding carboxylic acids is 1. The number of amides is 1. The van der Waals surface area contributed by atoms with Crippen LogP contribution in [0.2, 0.25) is 0 Å². The summed E-state index contributed by atoms with van der Waals surface area (Å²) in [5.74, 6) is 0.211. The molecule has 1 aliphatic rings. The van der Waals surface area contributed by atoms with Crippen molar-refractivity contribution in [2.24, 2.45) is 5.92 Å². The third-order valence-electron chi connectivity index (χ3n) is 2.78. The van der Waals surface area contributed by atoms with Gasteiger partial charge in [0.2, 0.25) is 0 Å². The van der Waals surface area contributed by atoms with Crippen LogP contribution >= 0.6 is 0 Å². The molecule has 1 aliphatic heterocycles. The average molecular weight is 215 g/mol. The van der Waals surface area contributed by atoms with Crippen LogP contribution in [0.4, 0.5) is 4.79 Å². The van der Waals surface area contributed by atoms with E-state index in [4.69, 9.17) is 9.84 Å². The minimum atomic E-state index is -1.19. The lowest BCUT2D eigenvalue weighted by atomic mass is 9.80. The topological polar surface area (TPSA) is 78.9 Å². The van der Waals surface area contributed by atoms with Gasteiger partial charge in [0.1, 0.15) is 17.4 Å². The molecule has 0 saturated carbocycles. The first-order valence-corrected chi connectivity index (χ1v) is 4.96. The molecule has 15 heavy (non-hydrogen) atoms. The minimum Gasteiger partial charge on any atom is -0.465 e.